The molecule has 7 heteroatoms. The normalized spacial score (nSPS) is 10.5. The molecule has 0 atom stereocenters. The van der Waals surface area contributed by atoms with Gasteiger partial charge in [-0.05, 0) is 59.7 Å². The summed E-state index contributed by atoms with van der Waals surface area (Å²) in [5, 5.41) is 2.56. The van der Waals surface area contributed by atoms with E-state index in [9.17, 15) is 9.18 Å². The summed E-state index contributed by atoms with van der Waals surface area (Å²) in [6, 6.07) is 18.4. The summed E-state index contributed by atoms with van der Waals surface area (Å²) in [4.78, 5) is 10.9. The number of urea groups is 1. The van der Waals surface area contributed by atoms with E-state index >= 15 is 0 Å². The van der Waals surface area contributed by atoms with Gasteiger partial charge in [-0.3, -0.25) is 0 Å². The molecule has 0 heterocycles. The highest BCUT2D eigenvalue weighted by Gasteiger charge is 2.06. The van der Waals surface area contributed by atoms with Crippen molar-refractivity contribution >= 4 is 6.03 Å². The summed E-state index contributed by atoms with van der Waals surface area (Å²) in [5.74, 6) is 1.63. The van der Waals surface area contributed by atoms with Gasteiger partial charge >= 0.3 is 6.03 Å². The predicted octanol–water partition coefficient (Wildman–Crippen LogP) is 4.51. The van der Waals surface area contributed by atoms with E-state index in [0.717, 1.165) is 16.7 Å². The minimum atomic E-state index is -0.574. The van der Waals surface area contributed by atoms with Gasteiger partial charge in [-0.25, -0.2) is 9.18 Å². The van der Waals surface area contributed by atoms with Gasteiger partial charge in [0.2, 0.25) is 0 Å². The number of hydrogen-bond donors (Lipinski definition) is 2. The first kappa shape index (κ1) is 21.1. The SMILES string of the molecule is COc1ccc(CNC(N)=O)cc1COCc1ccc(Oc2ccc(F)cc2)cc1. The second-order valence-electron chi connectivity index (χ2n) is 6.56. The number of primary amides is 1. The zero-order valence-corrected chi connectivity index (χ0v) is 16.6. The number of amides is 2. The van der Waals surface area contributed by atoms with Crippen LogP contribution in [0.15, 0.2) is 66.7 Å². The number of carbonyl (C=O) groups excluding carboxylic acids is 1. The zero-order chi connectivity index (χ0) is 21.3. The van der Waals surface area contributed by atoms with E-state index in [0.29, 0.717) is 37.0 Å². The third kappa shape index (κ3) is 6.22. The topological polar surface area (TPSA) is 82.8 Å². The summed E-state index contributed by atoms with van der Waals surface area (Å²) in [6.45, 7) is 1.09. The molecule has 0 saturated heterocycles. The summed E-state index contributed by atoms with van der Waals surface area (Å²) >= 11 is 0. The van der Waals surface area contributed by atoms with Crippen molar-refractivity contribution in [2.24, 2.45) is 5.73 Å². The molecule has 6 nitrogen and oxygen atoms in total. The highest BCUT2D eigenvalue weighted by Crippen LogP contribution is 2.23. The molecule has 0 spiro atoms. The van der Waals surface area contributed by atoms with E-state index in [1.807, 2.05) is 42.5 Å². The maximum absolute atomic E-state index is 13.0. The fourth-order valence-electron chi connectivity index (χ4n) is 2.82. The van der Waals surface area contributed by atoms with Crippen LogP contribution in [0.4, 0.5) is 9.18 Å². The Kier molecular flexibility index (Phi) is 7.24. The number of rotatable bonds is 9. The predicted molar refractivity (Wildman–Crippen MR) is 111 cm³/mol. The molecule has 2 amide bonds. The third-order valence-electron chi connectivity index (χ3n) is 4.31. The minimum Gasteiger partial charge on any atom is -0.496 e. The molecule has 3 aromatic rings. The van der Waals surface area contributed by atoms with E-state index in [1.165, 1.54) is 12.1 Å². The van der Waals surface area contributed by atoms with Gasteiger partial charge in [0.25, 0.3) is 0 Å². The van der Waals surface area contributed by atoms with Crippen LogP contribution in [0.3, 0.4) is 0 Å². The molecule has 0 aliphatic heterocycles. The first-order valence-electron chi connectivity index (χ1n) is 9.32. The number of nitrogens with two attached hydrogens (primary N) is 1. The number of halogens is 1. The van der Waals surface area contributed by atoms with Crippen molar-refractivity contribution in [3.8, 4) is 17.2 Å². The number of carbonyl (C=O) groups is 1. The Hall–Kier alpha value is -3.58. The molecule has 0 saturated carbocycles. The van der Waals surface area contributed by atoms with E-state index in [4.69, 9.17) is 19.9 Å². The monoisotopic (exact) mass is 410 g/mol. The Morgan fingerprint density at radius 1 is 0.933 bits per heavy atom. The van der Waals surface area contributed by atoms with Crippen LogP contribution in [0.25, 0.3) is 0 Å². The molecule has 0 aliphatic carbocycles. The highest BCUT2D eigenvalue weighted by atomic mass is 19.1. The Morgan fingerprint density at radius 2 is 1.57 bits per heavy atom. The Morgan fingerprint density at radius 3 is 2.20 bits per heavy atom. The Balaban J connectivity index is 1.54. The molecule has 0 radical (unpaired) electrons. The van der Waals surface area contributed by atoms with Gasteiger partial charge in [0.15, 0.2) is 0 Å². The second-order valence-corrected chi connectivity index (χ2v) is 6.56. The minimum absolute atomic E-state index is 0.304. The van der Waals surface area contributed by atoms with Crippen LogP contribution in [0.2, 0.25) is 0 Å². The standard InChI is InChI=1S/C23H23FN2O4/c1-28-22-11-4-17(13-26-23(25)27)12-18(22)15-29-14-16-2-7-20(8-3-16)30-21-9-5-19(24)6-10-21/h2-12H,13-15H2,1H3,(H3,25,26,27). The van der Waals surface area contributed by atoms with Gasteiger partial charge in [0, 0.05) is 12.1 Å². The maximum atomic E-state index is 13.0. The number of hydrogen-bond acceptors (Lipinski definition) is 4. The largest absolute Gasteiger partial charge is 0.496 e. The fourth-order valence-corrected chi connectivity index (χ4v) is 2.82. The van der Waals surface area contributed by atoms with Crippen LogP contribution in [0, 0.1) is 5.82 Å². The molecular weight excluding hydrogens is 387 g/mol. The van der Waals surface area contributed by atoms with Gasteiger partial charge in [0.1, 0.15) is 23.1 Å². The van der Waals surface area contributed by atoms with Crippen molar-refractivity contribution in [3.05, 3.63) is 89.2 Å². The van der Waals surface area contributed by atoms with Crippen molar-refractivity contribution in [1.29, 1.82) is 0 Å². The lowest BCUT2D eigenvalue weighted by molar-refractivity contribution is 0.105. The number of ether oxygens (including phenoxy) is 3. The number of nitrogens with one attached hydrogen (secondary N) is 1. The molecular formula is C23H23FN2O4. The van der Waals surface area contributed by atoms with Crippen LogP contribution in [0.5, 0.6) is 17.2 Å². The van der Waals surface area contributed by atoms with E-state index < -0.39 is 6.03 Å². The third-order valence-corrected chi connectivity index (χ3v) is 4.31. The van der Waals surface area contributed by atoms with Crippen LogP contribution >= 0.6 is 0 Å². The maximum Gasteiger partial charge on any atom is 0.312 e. The van der Waals surface area contributed by atoms with E-state index in [2.05, 4.69) is 5.32 Å². The van der Waals surface area contributed by atoms with Gasteiger partial charge in [-0.2, -0.15) is 0 Å². The average Bonchev–Trinajstić information content (AvgIpc) is 2.75. The highest BCUT2D eigenvalue weighted by molar-refractivity contribution is 5.71. The lowest BCUT2D eigenvalue weighted by Gasteiger charge is -2.12. The van der Waals surface area contributed by atoms with Gasteiger partial charge in [-0.15, -0.1) is 0 Å². The average molecular weight is 410 g/mol. The van der Waals surface area contributed by atoms with Crippen molar-refractivity contribution in [1.82, 2.24) is 5.32 Å². The van der Waals surface area contributed by atoms with Gasteiger partial charge in [0.05, 0.1) is 20.3 Å². The van der Waals surface area contributed by atoms with E-state index in [-0.39, 0.29) is 5.82 Å². The summed E-state index contributed by atoms with van der Waals surface area (Å²) in [6.07, 6.45) is 0. The van der Waals surface area contributed by atoms with Crippen LogP contribution in [-0.2, 0) is 24.5 Å². The molecule has 156 valence electrons. The van der Waals surface area contributed by atoms with Crippen molar-refractivity contribution < 1.29 is 23.4 Å². The molecule has 3 N–H and O–H groups in total. The second kappa shape index (κ2) is 10.3. The smallest absolute Gasteiger partial charge is 0.312 e. The van der Waals surface area contributed by atoms with Crippen LogP contribution in [0.1, 0.15) is 16.7 Å². The van der Waals surface area contributed by atoms with Crippen LogP contribution in [-0.4, -0.2) is 13.1 Å². The summed E-state index contributed by atoms with van der Waals surface area (Å²) in [7, 11) is 1.60. The molecule has 3 rings (SSSR count). The molecule has 3 aromatic carbocycles. The Labute approximate surface area is 174 Å². The molecule has 0 bridgehead atoms. The van der Waals surface area contributed by atoms with Crippen LogP contribution < -0.4 is 20.5 Å². The number of methoxy groups -OCH3 is 1. The first-order chi connectivity index (χ1) is 14.5. The zero-order valence-electron chi connectivity index (χ0n) is 16.6. The van der Waals surface area contributed by atoms with Crippen molar-refractivity contribution in [2.75, 3.05) is 7.11 Å². The molecule has 0 fully saturated rings. The molecule has 0 aromatic heterocycles. The van der Waals surface area contributed by atoms with Crippen molar-refractivity contribution in [2.45, 2.75) is 19.8 Å². The molecule has 30 heavy (non-hydrogen) atoms. The van der Waals surface area contributed by atoms with Gasteiger partial charge < -0.3 is 25.3 Å². The van der Waals surface area contributed by atoms with E-state index in [1.54, 1.807) is 19.2 Å². The molecule has 0 aliphatic rings. The number of benzene rings is 3. The fraction of sp³-hybridized carbons (Fsp3) is 0.174. The molecule has 0 unspecified atom stereocenters. The first-order valence-corrected chi connectivity index (χ1v) is 9.32. The lowest BCUT2D eigenvalue weighted by Crippen LogP contribution is -2.28. The summed E-state index contributed by atoms with van der Waals surface area (Å²) in [5.41, 5.74) is 7.87. The Bertz CT molecular complexity index is 975. The summed E-state index contributed by atoms with van der Waals surface area (Å²) < 4.78 is 29.8. The van der Waals surface area contributed by atoms with Gasteiger partial charge in [-0.1, -0.05) is 18.2 Å². The quantitative estimate of drug-likeness (QED) is 0.544. The lowest BCUT2D eigenvalue weighted by atomic mass is 10.1. The van der Waals surface area contributed by atoms with Crippen molar-refractivity contribution in [3.63, 3.8) is 0 Å².